The number of ether oxygens (including phenoxy) is 7. The minimum absolute atomic E-state index is 0.0626. The van der Waals surface area contributed by atoms with Crippen LogP contribution in [0, 0.1) is 5.92 Å². The molecule has 3 aliphatic heterocycles. The topological polar surface area (TPSA) is 98.8 Å². The van der Waals surface area contributed by atoms with Gasteiger partial charge in [0.05, 0.1) is 18.6 Å². The summed E-state index contributed by atoms with van der Waals surface area (Å²) >= 11 is 0. The first-order valence-electron chi connectivity index (χ1n) is 9.97. The van der Waals surface area contributed by atoms with Crippen LogP contribution in [-0.2, 0) is 23.8 Å². The summed E-state index contributed by atoms with van der Waals surface area (Å²) < 4.78 is 38.4. The molecule has 3 aliphatic rings. The summed E-state index contributed by atoms with van der Waals surface area (Å²) in [6.45, 7) is 1.51. The van der Waals surface area contributed by atoms with Crippen molar-refractivity contribution in [2.45, 2.75) is 13.0 Å². The van der Waals surface area contributed by atoms with Crippen LogP contribution in [-0.4, -0.2) is 39.2 Å². The van der Waals surface area contributed by atoms with Crippen LogP contribution in [0.2, 0.25) is 0 Å². The average Bonchev–Trinajstić information content (AvgIpc) is 3.53. The molecule has 3 heterocycles. The van der Waals surface area contributed by atoms with E-state index in [0.29, 0.717) is 34.3 Å². The second-order valence-electron chi connectivity index (χ2n) is 7.36. The Morgan fingerprint density at radius 1 is 0.938 bits per heavy atom. The fourth-order valence-electron chi connectivity index (χ4n) is 3.98. The van der Waals surface area contributed by atoms with E-state index in [1.807, 2.05) is 6.07 Å². The number of carbonyl (C=O) groups is 2. The third kappa shape index (κ3) is 3.45. The highest BCUT2D eigenvalue weighted by Crippen LogP contribution is 2.48. The van der Waals surface area contributed by atoms with E-state index in [1.54, 1.807) is 30.3 Å². The summed E-state index contributed by atoms with van der Waals surface area (Å²) in [5, 5.41) is 0. The van der Waals surface area contributed by atoms with E-state index in [2.05, 4.69) is 0 Å². The fourth-order valence-corrected chi connectivity index (χ4v) is 3.98. The summed E-state index contributed by atoms with van der Waals surface area (Å²) in [6.07, 6.45) is -0.627. The largest absolute Gasteiger partial charge is 0.484 e. The van der Waals surface area contributed by atoms with Crippen LogP contribution in [0.15, 0.2) is 42.0 Å². The molecule has 0 fully saturated rings. The summed E-state index contributed by atoms with van der Waals surface area (Å²) in [7, 11) is 1.30. The number of benzene rings is 2. The highest BCUT2D eigenvalue weighted by atomic mass is 16.7. The molecule has 0 amide bonds. The Hall–Kier alpha value is -3.88. The van der Waals surface area contributed by atoms with Gasteiger partial charge in [0.1, 0.15) is 18.5 Å². The van der Waals surface area contributed by atoms with Gasteiger partial charge < -0.3 is 33.2 Å². The second-order valence-corrected chi connectivity index (χ2v) is 7.36. The predicted molar refractivity (Wildman–Crippen MR) is 108 cm³/mol. The lowest BCUT2D eigenvalue weighted by Crippen LogP contribution is -2.23. The standard InChI is InChI=1S/C23H20O9/c1-12(24)27-9-15-20(23(25)26-2)22(14-4-6-17-19(8-14)31-11-29-17)32-21(15)13-3-5-16-18(7-13)30-10-28-16/h3-8,15,21H,9-11H2,1-2H3/t15-,21+/m0/s1. The van der Waals surface area contributed by atoms with Crippen molar-refractivity contribution in [1.82, 2.24) is 0 Å². The van der Waals surface area contributed by atoms with Gasteiger partial charge in [0, 0.05) is 12.5 Å². The molecule has 9 nitrogen and oxygen atoms in total. The first-order chi connectivity index (χ1) is 15.5. The lowest BCUT2D eigenvalue weighted by molar-refractivity contribution is -0.144. The van der Waals surface area contributed by atoms with Crippen LogP contribution in [0.4, 0.5) is 0 Å². The van der Waals surface area contributed by atoms with Crippen molar-refractivity contribution in [3.05, 3.63) is 53.1 Å². The van der Waals surface area contributed by atoms with Crippen molar-refractivity contribution in [3.63, 3.8) is 0 Å². The molecule has 32 heavy (non-hydrogen) atoms. The molecule has 5 rings (SSSR count). The van der Waals surface area contributed by atoms with Gasteiger partial charge in [0.2, 0.25) is 13.6 Å². The smallest absolute Gasteiger partial charge is 0.338 e. The van der Waals surface area contributed by atoms with Gasteiger partial charge >= 0.3 is 11.9 Å². The maximum absolute atomic E-state index is 12.8. The van der Waals surface area contributed by atoms with Gasteiger partial charge in [0.25, 0.3) is 0 Å². The van der Waals surface area contributed by atoms with Crippen molar-refractivity contribution in [1.29, 1.82) is 0 Å². The number of rotatable bonds is 5. The average molecular weight is 440 g/mol. The Labute approximate surface area is 183 Å². The Morgan fingerprint density at radius 2 is 1.59 bits per heavy atom. The monoisotopic (exact) mass is 440 g/mol. The summed E-state index contributed by atoms with van der Waals surface area (Å²) in [5.41, 5.74) is 1.63. The fraction of sp³-hybridized carbons (Fsp3) is 0.304. The second kappa shape index (κ2) is 7.99. The number of esters is 2. The molecule has 0 aromatic heterocycles. The summed E-state index contributed by atoms with van der Waals surface area (Å²) in [5.74, 6) is 1.05. The van der Waals surface area contributed by atoms with Crippen molar-refractivity contribution in [2.24, 2.45) is 5.92 Å². The third-order valence-corrected chi connectivity index (χ3v) is 5.46. The Balaban J connectivity index is 1.58. The molecule has 0 radical (unpaired) electrons. The molecule has 2 aromatic rings. The van der Waals surface area contributed by atoms with Crippen LogP contribution in [0.1, 0.15) is 24.2 Å². The van der Waals surface area contributed by atoms with Gasteiger partial charge in [-0.05, 0) is 35.9 Å². The van der Waals surface area contributed by atoms with E-state index in [0.717, 1.165) is 5.56 Å². The zero-order valence-electron chi connectivity index (χ0n) is 17.4. The number of hydrogen-bond acceptors (Lipinski definition) is 9. The maximum Gasteiger partial charge on any atom is 0.338 e. The van der Waals surface area contributed by atoms with Crippen LogP contribution in [0.5, 0.6) is 23.0 Å². The van der Waals surface area contributed by atoms with E-state index in [9.17, 15) is 9.59 Å². The molecule has 2 atom stereocenters. The van der Waals surface area contributed by atoms with Gasteiger partial charge in [-0.3, -0.25) is 4.79 Å². The van der Waals surface area contributed by atoms with Crippen molar-refractivity contribution < 1.29 is 42.7 Å². The number of methoxy groups -OCH3 is 1. The van der Waals surface area contributed by atoms with Gasteiger partial charge in [0.15, 0.2) is 23.0 Å². The molecule has 0 aliphatic carbocycles. The van der Waals surface area contributed by atoms with Gasteiger partial charge in [-0.15, -0.1) is 0 Å². The van der Waals surface area contributed by atoms with Crippen LogP contribution < -0.4 is 18.9 Å². The molecule has 0 unspecified atom stereocenters. The Bertz CT molecular complexity index is 1120. The Kier molecular flexibility index (Phi) is 5.01. The van der Waals surface area contributed by atoms with E-state index < -0.39 is 24.0 Å². The van der Waals surface area contributed by atoms with Gasteiger partial charge in [-0.25, -0.2) is 4.79 Å². The SMILES string of the molecule is COC(=O)C1=C(c2ccc3c(c2)OCO3)O[C@H](c2ccc3c(c2)OCO3)[C@H]1COC(C)=O. The van der Waals surface area contributed by atoms with Gasteiger partial charge in [-0.1, -0.05) is 6.07 Å². The highest BCUT2D eigenvalue weighted by molar-refractivity contribution is 5.98. The molecule has 0 saturated carbocycles. The molecular formula is C23H20O9. The highest BCUT2D eigenvalue weighted by Gasteiger charge is 2.43. The molecule has 2 aromatic carbocycles. The lowest BCUT2D eigenvalue weighted by atomic mass is 9.90. The van der Waals surface area contributed by atoms with Crippen LogP contribution >= 0.6 is 0 Å². The van der Waals surface area contributed by atoms with Crippen molar-refractivity contribution in [2.75, 3.05) is 27.3 Å². The molecule has 0 bridgehead atoms. The van der Waals surface area contributed by atoms with Crippen molar-refractivity contribution >= 4 is 17.7 Å². The molecular weight excluding hydrogens is 420 g/mol. The molecule has 166 valence electrons. The quantitative estimate of drug-likeness (QED) is 0.650. The predicted octanol–water partition coefficient (Wildman–Crippen LogP) is 2.98. The summed E-state index contributed by atoms with van der Waals surface area (Å²) in [4.78, 5) is 24.4. The summed E-state index contributed by atoms with van der Waals surface area (Å²) in [6, 6.07) is 10.7. The normalized spacial score (nSPS) is 20.2. The van der Waals surface area contributed by atoms with Crippen molar-refractivity contribution in [3.8, 4) is 23.0 Å². The first kappa shape index (κ1) is 20.0. The van der Waals surface area contributed by atoms with E-state index in [4.69, 9.17) is 33.2 Å². The molecule has 9 heteroatoms. The minimum atomic E-state index is -0.627. The van der Waals surface area contributed by atoms with E-state index in [-0.39, 0.29) is 25.8 Å². The Morgan fingerprint density at radius 3 is 2.28 bits per heavy atom. The molecule has 0 N–H and O–H groups in total. The molecule has 0 saturated heterocycles. The van der Waals surface area contributed by atoms with E-state index in [1.165, 1.54) is 14.0 Å². The van der Waals surface area contributed by atoms with E-state index >= 15 is 0 Å². The number of hydrogen-bond donors (Lipinski definition) is 0. The van der Waals surface area contributed by atoms with Crippen LogP contribution in [0.3, 0.4) is 0 Å². The maximum atomic E-state index is 12.8. The molecule has 0 spiro atoms. The zero-order chi connectivity index (χ0) is 22.2. The van der Waals surface area contributed by atoms with Crippen LogP contribution in [0.25, 0.3) is 5.76 Å². The minimum Gasteiger partial charge on any atom is -0.484 e. The zero-order valence-corrected chi connectivity index (χ0v) is 17.4. The number of fused-ring (bicyclic) bond motifs is 2. The lowest BCUT2D eigenvalue weighted by Gasteiger charge is -2.21. The number of carbonyl (C=O) groups excluding carboxylic acids is 2. The first-order valence-corrected chi connectivity index (χ1v) is 9.97. The third-order valence-electron chi connectivity index (χ3n) is 5.46. The van der Waals surface area contributed by atoms with Gasteiger partial charge in [-0.2, -0.15) is 0 Å².